The summed E-state index contributed by atoms with van der Waals surface area (Å²) in [7, 11) is 1.63. The zero-order valence-corrected chi connectivity index (χ0v) is 15.8. The van der Waals surface area contributed by atoms with E-state index in [2.05, 4.69) is 20.6 Å². The van der Waals surface area contributed by atoms with E-state index in [9.17, 15) is 4.79 Å². The van der Waals surface area contributed by atoms with Gasteiger partial charge in [0.05, 0.1) is 12.7 Å². The summed E-state index contributed by atoms with van der Waals surface area (Å²) in [6, 6.07) is 13.2. The summed E-state index contributed by atoms with van der Waals surface area (Å²) in [5.41, 5.74) is 2.19. The summed E-state index contributed by atoms with van der Waals surface area (Å²) in [5, 5.41) is 5.94. The van der Waals surface area contributed by atoms with Gasteiger partial charge in [0.1, 0.15) is 5.75 Å². The first-order valence-electron chi connectivity index (χ1n) is 9.12. The van der Waals surface area contributed by atoms with Crippen molar-refractivity contribution in [2.45, 2.75) is 6.42 Å². The lowest BCUT2D eigenvalue weighted by Gasteiger charge is -2.09. The largest absolute Gasteiger partial charge is 0.496 e. The first-order chi connectivity index (χ1) is 14.2. The van der Waals surface area contributed by atoms with Gasteiger partial charge in [-0.05, 0) is 30.2 Å². The number of rotatable bonds is 7. The van der Waals surface area contributed by atoms with E-state index in [-0.39, 0.29) is 12.7 Å². The van der Waals surface area contributed by atoms with Crippen LogP contribution in [0.25, 0.3) is 0 Å². The normalized spacial score (nSPS) is 11.8. The monoisotopic (exact) mass is 392 g/mol. The lowest BCUT2D eigenvalue weighted by molar-refractivity contribution is 0.0953. The highest BCUT2D eigenvalue weighted by molar-refractivity contribution is 5.93. The van der Waals surface area contributed by atoms with Crippen molar-refractivity contribution in [3.63, 3.8) is 0 Å². The standard InChI is InChI=1S/C21H20N4O4/c1-27-17-5-3-2-4-14(17)8-9-22-20(26)15-11-23-21(24-12-15)25-16-6-7-18-19(10-16)29-13-28-18/h2-7,10-12H,8-9,13H2,1H3,(H,22,26)(H,23,24,25). The third-order valence-electron chi connectivity index (χ3n) is 4.42. The first kappa shape index (κ1) is 18.5. The predicted molar refractivity (Wildman–Crippen MR) is 107 cm³/mol. The second kappa shape index (κ2) is 8.47. The number of carbonyl (C=O) groups excluding carboxylic acids is 1. The van der Waals surface area contributed by atoms with Crippen molar-refractivity contribution in [2.75, 3.05) is 25.8 Å². The number of benzene rings is 2. The minimum Gasteiger partial charge on any atom is -0.496 e. The van der Waals surface area contributed by atoms with E-state index in [1.807, 2.05) is 42.5 Å². The van der Waals surface area contributed by atoms with E-state index < -0.39 is 0 Å². The van der Waals surface area contributed by atoms with Crippen LogP contribution in [0.4, 0.5) is 11.6 Å². The minimum absolute atomic E-state index is 0.218. The molecule has 3 aromatic rings. The van der Waals surface area contributed by atoms with Gasteiger partial charge in [-0.1, -0.05) is 18.2 Å². The Balaban J connectivity index is 1.32. The number of aromatic nitrogens is 2. The molecule has 0 spiro atoms. The molecule has 0 saturated heterocycles. The van der Waals surface area contributed by atoms with E-state index in [1.165, 1.54) is 12.4 Å². The Labute approximate surface area is 167 Å². The molecule has 0 aliphatic carbocycles. The van der Waals surface area contributed by atoms with Crippen molar-refractivity contribution in [3.05, 3.63) is 66.0 Å². The summed E-state index contributed by atoms with van der Waals surface area (Å²) in [5.74, 6) is 2.34. The second-order valence-electron chi connectivity index (χ2n) is 6.31. The van der Waals surface area contributed by atoms with Crippen LogP contribution in [0.15, 0.2) is 54.9 Å². The summed E-state index contributed by atoms with van der Waals surface area (Å²) >= 11 is 0. The van der Waals surface area contributed by atoms with Crippen molar-refractivity contribution < 1.29 is 19.0 Å². The van der Waals surface area contributed by atoms with Crippen LogP contribution < -0.4 is 24.8 Å². The average molecular weight is 392 g/mol. The first-order valence-corrected chi connectivity index (χ1v) is 9.12. The third-order valence-corrected chi connectivity index (χ3v) is 4.42. The molecule has 1 amide bonds. The van der Waals surface area contributed by atoms with Gasteiger partial charge in [0.2, 0.25) is 12.7 Å². The summed E-state index contributed by atoms with van der Waals surface area (Å²) in [6.45, 7) is 0.701. The molecule has 1 aromatic heterocycles. The fourth-order valence-electron chi connectivity index (χ4n) is 2.94. The van der Waals surface area contributed by atoms with Crippen LogP contribution in [0.5, 0.6) is 17.2 Å². The number of anilines is 2. The molecule has 0 unspecified atom stereocenters. The number of methoxy groups -OCH3 is 1. The number of hydrogen-bond donors (Lipinski definition) is 2. The Bertz CT molecular complexity index is 1010. The molecule has 29 heavy (non-hydrogen) atoms. The van der Waals surface area contributed by atoms with Crippen LogP contribution in [0.3, 0.4) is 0 Å². The molecule has 0 fully saturated rings. The summed E-state index contributed by atoms with van der Waals surface area (Å²) in [6.07, 6.45) is 3.64. The Kier molecular flexibility index (Phi) is 5.42. The smallest absolute Gasteiger partial charge is 0.254 e. The highest BCUT2D eigenvalue weighted by Crippen LogP contribution is 2.34. The Morgan fingerprint density at radius 1 is 1.10 bits per heavy atom. The molecule has 148 valence electrons. The molecule has 0 radical (unpaired) electrons. The van der Waals surface area contributed by atoms with Gasteiger partial charge in [0, 0.05) is 30.7 Å². The number of fused-ring (bicyclic) bond motifs is 1. The average Bonchev–Trinajstić information content (AvgIpc) is 3.22. The van der Waals surface area contributed by atoms with Crippen molar-refractivity contribution in [3.8, 4) is 17.2 Å². The predicted octanol–water partition coefficient (Wildman–Crippen LogP) is 2.93. The number of nitrogens with zero attached hydrogens (tertiary/aromatic N) is 2. The third kappa shape index (κ3) is 4.37. The highest BCUT2D eigenvalue weighted by Gasteiger charge is 2.14. The lowest BCUT2D eigenvalue weighted by atomic mass is 10.1. The molecule has 2 N–H and O–H groups in total. The van der Waals surface area contributed by atoms with E-state index in [4.69, 9.17) is 14.2 Å². The van der Waals surface area contributed by atoms with E-state index in [0.29, 0.717) is 36.0 Å². The van der Waals surface area contributed by atoms with Gasteiger partial charge >= 0.3 is 0 Å². The number of carbonyl (C=O) groups is 1. The van der Waals surface area contributed by atoms with E-state index >= 15 is 0 Å². The van der Waals surface area contributed by atoms with Crippen LogP contribution in [0.1, 0.15) is 15.9 Å². The van der Waals surface area contributed by atoms with Crippen LogP contribution >= 0.6 is 0 Å². The Morgan fingerprint density at radius 2 is 1.90 bits per heavy atom. The topological polar surface area (TPSA) is 94.6 Å². The van der Waals surface area contributed by atoms with Crippen molar-refractivity contribution >= 4 is 17.5 Å². The second-order valence-corrected chi connectivity index (χ2v) is 6.31. The number of amides is 1. The van der Waals surface area contributed by atoms with Crippen LogP contribution in [0, 0.1) is 0 Å². The molecule has 0 atom stereocenters. The summed E-state index contributed by atoms with van der Waals surface area (Å²) in [4.78, 5) is 20.7. The molecular formula is C21H20N4O4. The molecule has 0 bridgehead atoms. The highest BCUT2D eigenvalue weighted by atomic mass is 16.7. The van der Waals surface area contributed by atoms with Crippen LogP contribution in [0.2, 0.25) is 0 Å². The van der Waals surface area contributed by atoms with E-state index in [0.717, 1.165) is 17.0 Å². The van der Waals surface area contributed by atoms with Gasteiger partial charge in [0.25, 0.3) is 5.91 Å². The van der Waals surface area contributed by atoms with E-state index in [1.54, 1.807) is 7.11 Å². The Morgan fingerprint density at radius 3 is 2.72 bits per heavy atom. The Hall–Kier alpha value is -3.81. The molecule has 0 saturated carbocycles. The van der Waals surface area contributed by atoms with Gasteiger partial charge < -0.3 is 24.8 Å². The SMILES string of the molecule is COc1ccccc1CCNC(=O)c1cnc(Nc2ccc3c(c2)OCO3)nc1. The quantitative estimate of drug-likeness (QED) is 0.638. The molecule has 8 nitrogen and oxygen atoms in total. The fourth-order valence-corrected chi connectivity index (χ4v) is 2.94. The van der Waals surface area contributed by atoms with Gasteiger partial charge in [-0.15, -0.1) is 0 Å². The van der Waals surface area contributed by atoms with Gasteiger partial charge in [-0.25, -0.2) is 9.97 Å². The number of hydrogen-bond acceptors (Lipinski definition) is 7. The maximum absolute atomic E-state index is 12.3. The fraction of sp³-hybridized carbons (Fsp3) is 0.190. The zero-order chi connectivity index (χ0) is 20.1. The lowest BCUT2D eigenvalue weighted by Crippen LogP contribution is -2.26. The minimum atomic E-state index is -0.227. The molecular weight excluding hydrogens is 372 g/mol. The van der Waals surface area contributed by atoms with Gasteiger partial charge in [-0.2, -0.15) is 0 Å². The zero-order valence-electron chi connectivity index (χ0n) is 15.8. The molecule has 1 aliphatic rings. The molecule has 1 aliphatic heterocycles. The van der Waals surface area contributed by atoms with Gasteiger partial charge in [-0.3, -0.25) is 4.79 Å². The summed E-state index contributed by atoms with van der Waals surface area (Å²) < 4.78 is 16.0. The van der Waals surface area contributed by atoms with Gasteiger partial charge in [0.15, 0.2) is 11.5 Å². The van der Waals surface area contributed by atoms with Crippen molar-refractivity contribution in [1.29, 1.82) is 0 Å². The number of para-hydroxylation sites is 1. The molecule has 2 heterocycles. The van der Waals surface area contributed by atoms with Crippen molar-refractivity contribution in [2.24, 2.45) is 0 Å². The van der Waals surface area contributed by atoms with Crippen LogP contribution in [-0.2, 0) is 6.42 Å². The van der Waals surface area contributed by atoms with Crippen LogP contribution in [-0.4, -0.2) is 36.3 Å². The maximum Gasteiger partial charge on any atom is 0.254 e. The molecule has 4 rings (SSSR count). The molecule has 2 aromatic carbocycles. The maximum atomic E-state index is 12.3. The number of nitrogens with one attached hydrogen (secondary N) is 2. The van der Waals surface area contributed by atoms with Crippen molar-refractivity contribution in [1.82, 2.24) is 15.3 Å². The number of ether oxygens (including phenoxy) is 3. The molecule has 8 heteroatoms.